The fraction of sp³-hybridized carbons (Fsp3) is 0.769. The van der Waals surface area contributed by atoms with Gasteiger partial charge in [0.2, 0.25) is 0 Å². The first-order chi connectivity index (χ1) is 7.89. The Bertz CT molecular complexity index is 378. The molecule has 4 heteroatoms. The van der Waals surface area contributed by atoms with Crippen molar-refractivity contribution in [1.82, 2.24) is 14.9 Å². The Morgan fingerprint density at radius 2 is 2.00 bits per heavy atom. The van der Waals surface area contributed by atoms with Crippen molar-refractivity contribution >= 4 is 0 Å². The van der Waals surface area contributed by atoms with Crippen LogP contribution in [0.3, 0.4) is 0 Å². The first-order valence-electron chi connectivity index (χ1n) is 6.33. The number of imidazole rings is 1. The highest BCUT2D eigenvalue weighted by atomic mass is 15.1. The van der Waals surface area contributed by atoms with E-state index in [1.807, 2.05) is 10.9 Å². The second kappa shape index (κ2) is 4.10. The van der Waals surface area contributed by atoms with E-state index in [1.165, 1.54) is 0 Å². The molecule has 0 radical (unpaired) electrons. The third-order valence-electron chi connectivity index (χ3n) is 4.58. The Hall–Kier alpha value is -0.870. The molecule has 1 aromatic rings. The van der Waals surface area contributed by atoms with Crippen LogP contribution in [0.1, 0.15) is 33.4 Å². The standard InChI is InChI=1S/C13H24N4/c1-12(2)11(13(12,3)4)15-7-10-8-17(6-5-14)9-16-10/h8-9,11,15H,5-7,14H2,1-4H3. The summed E-state index contributed by atoms with van der Waals surface area (Å²) in [6, 6.07) is 0.578. The van der Waals surface area contributed by atoms with Gasteiger partial charge in [-0.2, -0.15) is 0 Å². The zero-order chi connectivity index (χ0) is 12.7. The van der Waals surface area contributed by atoms with Crippen LogP contribution in [-0.2, 0) is 13.1 Å². The Balaban J connectivity index is 1.87. The van der Waals surface area contributed by atoms with Crippen LogP contribution >= 0.6 is 0 Å². The second-order valence-electron chi connectivity index (χ2n) is 6.15. The van der Waals surface area contributed by atoms with Crippen LogP contribution in [0.25, 0.3) is 0 Å². The van der Waals surface area contributed by atoms with E-state index in [-0.39, 0.29) is 0 Å². The Morgan fingerprint density at radius 1 is 1.35 bits per heavy atom. The molecule has 4 nitrogen and oxygen atoms in total. The quantitative estimate of drug-likeness (QED) is 0.812. The average molecular weight is 236 g/mol. The van der Waals surface area contributed by atoms with Crippen molar-refractivity contribution in [3.8, 4) is 0 Å². The Kier molecular flexibility index (Phi) is 3.04. The molecule has 0 bridgehead atoms. The lowest BCUT2D eigenvalue weighted by Gasteiger charge is -2.03. The van der Waals surface area contributed by atoms with Gasteiger partial charge >= 0.3 is 0 Å². The highest BCUT2D eigenvalue weighted by Crippen LogP contribution is 2.62. The first kappa shape index (κ1) is 12.6. The van der Waals surface area contributed by atoms with Gasteiger partial charge in [-0.3, -0.25) is 0 Å². The molecule has 1 fully saturated rings. The number of rotatable bonds is 5. The third-order valence-corrected chi connectivity index (χ3v) is 4.58. The predicted molar refractivity (Wildman–Crippen MR) is 69.5 cm³/mol. The number of nitrogens with one attached hydrogen (secondary N) is 1. The summed E-state index contributed by atoms with van der Waals surface area (Å²) in [5, 5.41) is 3.60. The van der Waals surface area contributed by atoms with Gasteiger partial charge in [-0.1, -0.05) is 27.7 Å². The number of hydrogen-bond acceptors (Lipinski definition) is 3. The molecule has 0 aliphatic heterocycles. The van der Waals surface area contributed by atoms with Crippen LogP contribution in [0.5, 0.6) is 0 Å². The van der Waals surface area contributed by atoms with Crippen molar-refractivity contribution in [1.29, 1.82) is 0 Å². The van der Waals surface area contributed by atoms with E-state index in [2.05, 4.69) is 44.2 Å². The summed E-state index contributed by atoms with van der Waals surface area (Å²) >= 11 is 0. The molecule has 0 spiro atoms. The van der Waals surface area contributed by atoms with Crippen LogP contribution in [0.4, 0.5) is 0 Å². The van der Waals surface area contributed by atoms with Crippen molar-refractivity contribution in [2.24, 2.45) is 16.6 Å². The van der Waals surface area contributed by atoms with Gasteiger partial charge in [-0.05, 0) is 10.8 Å². The number of hydrogen-bond donors (Lipinski definition) is 2. The summed E-state index contributed by atoms with van der Waals surface area (Å²) in [6.45, 7) is 11.6. The van der Waals surface area contributed by atoms with E-state index in [1.54, 1.807) is 0 Å². The van der Waals surface area contributed by atoms with Crippen LogP contribution in [0.15, 0.2) is 12.5 Å². The van der Waals surface area contributed by atoms with Crippen molar-refractivity contribution in [3.05, 3.63) is 18.2 Å². The SMILES string of the molecule is CC1(C)C(NCc2cn(CCN)cn2)C1(C)C. The minimum absolute atomic E-state index is 0.382. The molecule has 17 heavy (non-hydrogen) atoms. The lowest BCUT2D eigenvalue weighted by Crippen LogP contribution is -2.21. The van der Waals surface area contributed by atoms with Gasteiger partial charge in [0.15, 0.2) is 0 Å². The molecule has 96 valence electrons. The number of nitrogens with two attached hydrogens (primary N) is 1. The number of nitrogens with zero attached hydrogens (tertiary/aromatic N) is 2. The molecular formula is C13H24N4. The van der Waals surface area contributed by atoms with Crippen LogP contribution in [0, 0.1) is 10.8 Å². The van der Waals surface area contributed by atoms with Crippen LogP contribution in [0.2, 0.25) is 0 Å². The zero-order valence-electron chi connectivity index (χ0n) is 11.3. The number of aromatic nitrogens is 2. The molecule has 0 aromatic carbocycles. The normalized spacial score (nSPS) is 21.7. The maximum absolute atomic E-state index is 5.51. The molecule has 1 aromatic heterocycles. The first-order valence-corrected chi connectivity index (χ1v) is 6.33. The van der Waals surface area contributed by atoms with E-state index in [0.717, 1.165) is 18.8 Å². The predicted octanol–water partition coefficient (Wildman–Crippen LogP) is 1.37. The summed E-state index contributed by atoms with van der Waals surface area (Å²) in [6.07, 6.45) is 3.93. The van der Waals surface area contributed by atoms with Gasteiger partial charge in [0, 0.05) is 31.9 Å². The Morgan fingerprint density at radius 3 is 2.53 bits per heavy atom. The summed E-state index contributed by atoms with van der Waals surface area (Å²) in [7, 11) is 0. The highest BCUT2D eigenvalue weighted by molar-refractivity contribution is 5.18. The minimum Gasteiger partial charge on any atom is -0.336 e. The summed E-state index contributed by atoms with van der Waals surface area (Å²) in [4.78, 5) is 4.37. The lowest BCUT2D eigenvalue weighted by molar-refractivity contribution is 0.457. The fourth-order valence-electron chi connectivity index (χ4n) is 2.68. The topological polar surface area (TPSA) is 55.9 Å². The zero-order valence-corrected chi connectivity index (χ0v) is 11.3. The molecule has 1 saturated carbocycles. The molecule has 0 unspecified atom stereocenters. The minimum atomic E-state index is 0.382. The molecular weight excluding hydrogens is 212 g/mol. The Labute approximate surface area is 104 Å². The largest absolute Gasteiger partial charge is 0.336 e. The van der Waals surface area contributed by atoms with Gasteiger partial charge in [0.05, 0.1) is 12.0 Å². The van der Waals surface area contributed by atoms with E-state index in [9.17, 15) is 0 Å². The average Bonchev–Trinajstić information content (AvgIpc) is 2.59. The second-order valence-corrected chi connectivity index (χ2v) is 6.15. The van der Waals surface area contributed by atoms with Crippen LogP contribution in [-0.4, -0.2) is 22.1 Å². The fourth-order valence-corrected chi connectivity index (χ4v) is 2.68. The smallest absolute Gasteiger partial charge is 0.0950 e. The van der Waals surface area contributed by atoms with E-state index in [4.69, 9.17) is 5.73 Å². The maximum atomic E-state index is 5.51. The molecule has 1 heterocycles. The van der Waals surface area contributed by atoms with Gasteiger partial charge in [-0.25, -0.2) is 4.98 Å². The molecule has 0 amide bonds. The van der Waals surface area contributed by atoms with Gasteiger partial charge in [0.1, 0.15) is 0 Å². The highest BCUT2D eigenvalue weighted by Gasteiger charge is 2.64. The maximum Gasteiger partial charge on any atom is 0.0950 e. The van der Waals surface area contributed by atoms with E-state index >= 15 is 0 Å². The third kappa shape index (κ3) is 2.11. The van der Waals surface area contributed by atoms with E-state index < -0.39 is 0 Å². The summed E-state index contributed by atoms with van der Waals surface area (Å²) in [5.41, 5.74) is 7.37. The summed E-state index contributed by atoms with van der Waals surface area (Å²) in [5.74, 6) is 0. The molecule has 1 aliphatic rings. The van der Waals surface area contributed by atoms with Crippen molar-refractivity contribution in [2.75, 3.05) is 6.54 Å². The summed E-state index contributed by atoms with van der Waals surface area (Å²) < 4.78 is 2.04. The molecule has 0 atom stereocenters. The molecule has 0 saturated heterocycles. The van der Waals surface area contributed by atoms with Gasteiger partial charge < -0.3 is 15.6 Å². The van der Waals surface area contributed by atoms with Gasteiger partial charge in [-0.15, -0.1) is 0 Å². The molecule has 2 rings (SSSR count). The van der Waals surface area contributed by atoms with Crippen molar-refractivity contribution in [2.45, 2.75) is 46.8 Å². The monoisotopic (exact) mass is 236 g/mol. The van der Waals surface area contributed by atoms with Gasteiger partial charge in [0.25, 0.3) is 0 Å². The van der Waals surface area contributed by atoms with Crippen LogP contribution < -0.4 is 11.1 Å². The van der Waals surface area contributed by atoms with E-state index in [0.29, 0.717) is 23.4 Å². The van der Waals surface area contributed by atoms with Crippen molar-refractivity contribution in [3.63, 3.8) is 0 Å². The lowest BCUT2D eigenvalue weighted by atomic mass is 10.0. The van der Waals surface area contributed by atoms with Crippen molar-refractivity contribution < 1.29 is 0 Å². The molecule has 3 N–H and O–H groups in total. The molecule has 1 aliphatic carbocycles.